The van der Waals surface area contributed by atoms with Crippen LogP contribution in [-0.2, 0) is 16.0 Å². The number of urea groups is 1. The van der Waals surface area contributed by atoms with E-state index in [-0.39, 0.29) is 11.8 Å². The lowest BCUT2D eigenvalue weighted by atomic mass is 10.1. The predicted molar refractivity (Wildman–Crippen MR) is 114 cm³/mol. The number of carbonyl (C=O) groups is 2. The van der Waals surface area contributed by atoms with Crippen LogP contribution in [0.1, 0.15) is 15.9 Å². The zero-order chi connectivity index (χ0) is 21.8. The third-order valence-electron chi connectivity index (χ3n) is 5.81. The Morgan fingerprint density at radius 3 is 2.23 bits per heavy atom. The molecule has 2 amide bonds. The number of amides is 2. The first-order chi connectivity index (χ1) is 15.0. The van der Waals surface area contributed by atoms with Crippen molar-refractivity contribution in [3.8, 4) is 0 Å². The lowest BCUT2D eigenvalue weighted by Crippen LogP contribution is -2.59. The molecule has 2 aromatic carbocycles. The largest absolute Gasteiger partial charge is 0.465 e. The van der Waals surface area contributed by atoms with Gasteiger partial charge in [-0.3, -0.25) is 9.80 Å². The zero-order valence-corrected chi connectivity index (χ0v) is 17.5. The Morgan fingerprint density at radius 2 is 1.68 bits per heavy atom. The van der Waals surface area contributed by atoms with Gasteiger partial charge in [-0.05, 0) is 42.0 Å². The highest BCUT2D eigenvalue weighted by atomic mass is 19.1. The Labute approximate surface area is 180 Å². The van der Waals surface area contributed by atoms with Gasteiger partial charge in [0.2, 0.25) is 0 Å². The van der Waals surface area contributed by atoms with Crippen molar-refractivity contribution >= 4 is 17.7 Å². The normalized spacial score (nSPS) is 17.2. The van der Waals surface area contributed by atoms with Crippen LogP contribution in [0.2, 0.25) is 0 Å². The number of anilines is 1. The molecule has 2 saturated heterocycles. The fourth-order valence-corrected chi connectivity index (χ4v) is 3.82. The van der Waals surface area contributed by atoms with Gasteiger partial charge in [0.05, 0.1) is 38.5 Å². The third kappa shape index (κ3) is 4.86. The van der Waals surface area contributed by atoms with Crippen LogP contribution < -0.4 is 4.90 Å². The molecule has 0 bridgehead atoms. The molecule has 4 rings (SSSR count). The molecule has 0 aromatic heterocycles. The highest BCUT2D eigenvalue weighted by Crippen LogP contribution is 2.22. The number of benzene rings is 2. The van der Waals surface area contributed by atoms with Gasteiger partial charge in [0.25, 0.3) is 0 Å². The monoisotopic (exact) mass is 427 g/mol. The molecule has 0 N–H and O–H groups in total. The minimum atomic E-state index is -0.409. The molecule has 164 valence electrons. The molecule has 0 aliphatic carbocycles. The number of halogens is 1. The molecule has 2 aromatic rings. The van der Waals surface area contributed by atoms with Crippen LogP contribution in [-0.4, -0.2) is 74.3 Å². The Balaban J connectivity index is 1.49. The summed E-state index contributed by atoms with van der Waals surface area (Å²) in [4.78, 5) is 30.9. The van der Waals surface area contributed by atoms with Crippen molar-refractivity contribution in [1.82, 2.24) is 9.80 Å². The summed E-state index contributed by atoms with van der Waals surface area (Å²) in [5.41, 5.74) is 1.93. The van der Waals surface area contributed by atoms with E-state index in [1.165, 1.54) is 19.2 Å². The number of ether oxygens (including phenoxy) is 2. The molecular weight excluding hydrogens is 401 g/mol. The predicted octanol–water partition coefficient (Wildman–Crippen LogP) is 2.76. The molecule has 0 radical (unpaired) electrons. The van der Waals surface area contributed by atoms with Crippen LogP contribution in [0.4, 0.5) is 14.9 Å². The van der Waals surface area contributed by atoms with E-state index < -0.39 is 5.97 Å². The summed E-state index contributed by atoms with van der Waals surface area (Å²) in [6.07, 6.45) is 0. The van der Waals surface area contributed by atoms with Crippen LogP contribution in [0.3, 0.4) is 0 Å². The van der Waals surface area contributed by atoms with E-state index in [0.29, 0.717) is 36.9 Å². The van der Waals surface area contributed by atoms with E-state index in [0.717, 1.165) is 31.9 Å². The average molecular weight is 427 g/mol. The van der Waals surface area contributed by atoms with E-state index >= 15 is 0 Å². The fourth-order valence-electron chi connectivity index (χ4n) is 3.82. The maximum absolute atomic E-state index is 13.5. The van der Waals surface area contributed by atoms with E-state index in [2.05, 4.69) is 4.90 Å². The molecule has 0 saturated carbocycles. The van der Waals surface area contributed by atoms with Gasteiger partial charge in [-0.25, -0.2) is 14.0 Å². The second kappa shape index (κ2) is 9.45. The van der Waals surface area contributed by atoms with Crippen molar-refractivity contribution in [2.75, 3.05) is 51.4 Å². The number of piperazine rings is 1. The lowest BCUT2D eigenvalue weighted by molar-refractivity contribution is -0.0738. The van der Waals surface area contributed by atoms with E-state index in [1.54, 1.807) is 41.3 Å². The lowest BCUT2D eigenvalue weighted by Gasteiger charge is -2.43. The fraction of sp³-hybridized carbons (Fsp3) is 0.391. The minimum absolute atomic E-state index is 0.117. The molecule has 8 heteroatoms. The Bertz CT molecular complexity index is 907. The third-order valence-corrected chi connectivity index (χ3v) is 5.81. The number of hydrogen-bond acceptors (Lipinski definition) is 5. The number of esters is 1. The van der Waals surface area contributed by atoms with Gasteiger partial charge in [-0.2, -0.15) is 0 Å². The molecule has 31 heavy (non-hydrogen) atoms. The van der Waals surface area contributed by atoms with Crippen LogP contribution in [0.5, 0.6) is 0 Å². The summed E-state index contributed by atoms with van der Waals surface area (Å²) in [6.45, 7) is 4.72. The van der Waals surface area contributed by atoms with Gasteiger partial charge in [0, 0.05) is 31.9 Å². The second-order valence-corrected chi connectivity index (χ2v) is 7.75. The molecule has 0 atom stereocenters. The number of rotatable bonds is 5. The first-order valence-electron chi connectivity index (χ1n) is 10.4. The molecule has 2 fully saturated rings. The Hall–Kier alpha value is -2.97. The summed E-state index contributed by atoms with van der Waals surface area (Å²) >= 11 is 0. The molecule has 0 spiro atoms. The van der Waals surface area contributed by atoms with Crippen molar-refractivity contribution in [3.05, 3.63) is 65.5 Å². The van der Waals surface area contributed by atoms with E-state index in [4.69, 9.17) is 9.47 Å². The van der Waals surface area contributed by atoms with Gasteiger partial charge in [-0.15, -0.1) is 0 Å². The maximum Gasteiger partial charge on any atom is 0.337 e. The number of methoxy groups -OCH3 is 1. The van der Waals surface area contributed by atoms with Crippen molar-refractivity contribution in [2.24, 2.45) is 0 Å². The second-order valence-electron chi connectivity index (χ2n) is 7.75. The van der Waals surface area contributed by atoms with Gasteiger partial charge in [0.1, 0.15) is 5.82 Å². The van der Waals surface area contributed by atoms with Crippen LogP contribution >= 0.6 is 0 Å². The van der Waals surface area contributed by atoms with Crippen molar-refractivity contribution in [3.63, 3.8) is 0 Å². The minimum Gasteiger partial charge on any atom is -0.465 e. The van der Waals surface area contributed by atoms with Crippen molar-refractivity contribution in [2.45, 2.75) is 12.6 Å². The van der Waals surface area contributed by atoms with Crippen LogP contribution in [0.25, 0.3) is 0 Å². The Morgan fingerprint density at radius 1 is 1.03 bits per heavy atom. The zero-order valence-electron chi connectivity index (χ0n) is 17.5. The van der Waals surface area contributed by atoms with Gasteiger partial charge >= 0.3 is 12.0 Å². The standard InChI is InChI=1S/C23H26FN3O4/c1-30-22(28)18-4-2-17(3-5-18)14-27(20-8-6-19(24)7-9-20)23(29)26-12-10-25(11-13-26)21-15-31-16-21/h2-9,21H,10-16H2,1H3. The highest BCUT2D eigenvalue weighted by molar-refractivity contribution is 5.92. The molecule has 2 heterocycles. The average Bonchev–Trinajstić information content (AvgIpc) is 2.77. The van der Waals surface area contributed by atoms with Crippen molar-refractivity contribution < 1.29 is 23.5 Å². The number of nitrogens with zero attached hydrogens (tertiary/aromatic N) is 3. The summed E-state index contributed by atoms with van der Waals surface area (Å²) in [5.74, 6) is -0.761. The molecule has 2 aliphatic rings. The van der Waals surface area contributed by atoms with Crippen molar-refractivity contribution in [1.29, 1.82) is 0 Å². The SMILES string of the molecule is COC(=O)c1ccc(CN(C(=O)N2CCN(C3COC3)CC2)c2ccc(F)cc2)cc1. The molecule has 7 nitrogen and oxygen atoms in total. The maximum atomic E-state index is 13.5. The number of hydrogen-bond donors (Lipinski definition) is 0. The van der Waals surface area contributed by atoms with Gasteiger partial charge in [0.15, 0.2) is 0 Å². The van der Waals surface area contributed by atoms with Gasteiger partial charge in [-0.1, -0.05) is 12.1 Å². The number of carbonyl (C=O) groups excluding carboxylic acids is 2. The highest BCUT2D eigenvalue weighted by Gasteiger charge is 2.32. The molecule has 2 aliphatic heterocycles. The molecular formula is C23H26FN3O4. The first kappa shape index (κ1) is 21.3. The topological polar surface area (TPSA) is 62.3 Å². The summed E-state index contributed by atoms with van der Waals surface area (Å²) in [7, 11) is 1.34. The van der Waals surface area contributed by atoms with E-state index in [1.807, 2.05) is 4.90 Å². The van der Waals surface area contributed by atoms with E-state index in [9.17, 15) is 14.0 Å². The first-order valence-corrected chi connectivity index (χ1v) is 10.4. The van der Waals surface area contributed by atoms with Crippen LogP contribution in [0.15, 0.2) is 48.5 Å². The van der Waals surface area contributed by atoms with Gasteiger partial charge < -0.3 is 14.4 Å². The smallest absolute Gasteiger partial charge is 0.337 e. The summed E-state index contributed by atoms with van der Waals surface area (Å²) in [5, 5.41) is 0. The summed E-state index contributed by atoms with van der Waals surface area (Å²) < 4.78 is 23.5. The molecule has 0 unspecified atom stereocenters. The Kier molecular flexibility index (Phi) is 6.48. The van der Waals surface area contributed by atoms with Crippen LogP contribution in [0, 0.1) is 5.82 Å². The quantitative estimate of drug-likeness (QED) is 0.687. The summed E-state index contributed by atoms with van der Waals surface area (Å²) in [6, 6.07) is 13.2.